The van der Waals surface area contributed by atoms with Gasteiger partial charge in [0, 0.05) is 20.5 Å². The summed E-state index contributed by atoms with van der Waals surface area (Å²) in [6, 6.07) is 10.2. The Hall–Kier alpha value is -0.650. The highest BCUT2D eigenvalue weighted by Gasteiger charge is 2.15. The summed E-state index contributed by atoms with van der Waals surface area (Å²) < 4.78 is 1.74. The molecule has 1 aromatic heterocycles. The Bertz CT molecular complexity index is 659. The minimum Gasteiger partial charge on any atom is -0.346 e. The van der Waals surface area contributed by atoms with E-state index < -0.39 is 0 Å². The van der Waals surface area contributed by atoms with Crippen molar-refractivity contribution in [2.24, 2.45) is 0 Å². The van der Waals surface area contributed by atoms with E-state index in [1.165, 1.54) is 4.90 Å². The van der Waals surface area contributed by atoms with Crippen molar-refractivity contribution in [3.63, 3.8) is 0 Å². The molecule has 0 spiro atoms. The normalized spacial score (nSPS) is 11.6. The molecule has 20 heavy (non-hydrogen) atoms. The number of nitrogens with zero attached hydrogens (tertiary/aromatic N) is 1. The molecule has 1 aromatic carbocycles. The van der Waals surface area contributed by atoms with Crippen molar-refractivity contribution < 1.29 is 0 Å². The third kappa shape index (κ3) is 4.43. The van der Waals surface area contributed by atoms with Crippen LogP contribution in [0.2, 0.25) is 0 Å². The van der Waals surface area contributed by atoms with Gasteiger partial charge in [-0.05, 0) is 24.3 Å². The zero-order valence-electron chi connectivity index (χ0n) is 11.7. The molecule has 0 aliphatic rings. The molecule has 1 heterocycles. The van der Waals surface area contributed by atoms with Crippen molar-refractivity contribution in [3.8, 4) is 0 Å². The average Bonchev–Trinajstić information content (AvgIpc) is 2.35. The highest BCUT2D eigenvalue weighted by Crippen LogP contribution is 2.25. The highest BCUT2D eigenvalue weighted by atomic mass is 79.9. The maximum atomic E-state index is 5.26. The summed E-state index contributed by atoms with van der Waals surface area (Å²) in [6.07, 6.45) is 0. The van der Waals surface area contributed by atoms with Crippen LogP contribution in [0.1, 0.15) is 32.3 Å². The van der Waals surface area contributed by atoms with Crippen LogP contribution in [0.4, 0.5) is 0 Å². The Morgan fingerprint density at radius 3 is 2.70 bits per heavy atom. The highest BCUT2D eigenvalue weighted by molar-refractivity contribution is 9.10. The third-order valence-corrected chi connectivity index (χ3v) is 4.48. The lowest BCUT2D eigenvalue weighted by Gasteiger charge is -2.19. The number of H-pyrrole nitrogens is 1. The van der Waals surface area contributed by atoms with E-state index in [2.05, 4.69) is 58.8 Å². The Labute approximate surface area is 137 Å². The lowest BCUT2D eigenvalue weighted by Crippen LogP contribution is -2.15. The van der Waals surface area contributed by atoms with Crippen LogP contribution in [0.5, 0.6) is 0 Å². The molecular weight excluding hydrogens is 352 g/mol. The fraction of sp³-hybridized carbons (Fsp3) is 0.333. The molecule has 2 nitrogen and oxygen atoms in total. The van der Waals surface area contributed by atoms with E-state index in [0.717, 1.165) is 21.7 Å². The molecule has 0 bridgehead atoms. The van der Waals surface area contributed by atoms with E-state index in [0.29, 0.717) is 4.64 Å². The van der Waals surface area contributed by atoms with Crippen molar-refractivity contribution in [1.82, 2.24) is 9.97 Å². The number of nitrogens with one attached hydrogen (secondary N) is 1. The summed E-state index contributed by atoms with van der Waals surface area (Å²) in [5, 5.41) is 0. The molecule has 106 valence electrons. The first kappa shape index (κ1) is 15.7. The molecule has 0 amide bonds. The number of benzene rings is 1. The van der Waals surface area contributed by atoms with Crippen LogP contribution in [-0.2, 0) is 11.2 Å². The molecule has 1 N–H and O–H groups in total. The van der Waals surface area contributed by atoms with Gasteiger partial charge in [0.15, 0.2) is 0 Å². The topological polar surface area (TPSA) is 28.7 Å². The van der Waals surface area contributed by atoms with Gasteiger partial charge in [-0.3, -0.25) is 0 Å². The molecule has 2 rings (SSSR count). The maximum absolute atomic E-state index is 5.26. The maximum Gasteiger partial charge on any atom is 0.130 e. The van der Waals surface area contributed by atoms with Gasteiger partial charge in [-0.1, -0.05) is 55.0 Å². The van der Waals surface area contributed by atoms with Crippen LogP contribution < -0.4 is 0 Å². The number of hydrogen-bond donors (Lipinski definition) is 1. The van der Waals surface area contributed by atoms with E-state index in [1.54, 1.807) is 11.8 Å². The zero-order valence-corrected chi connectivity index (χ0v) is 15.0. The minimum atomic E-state index is 0.0473. The first-order valence-corrected chi connectivity index (χ1v) is 8.52. The van der Waals surface area contributed by atoms with Crippen molar-refractivity contribution >= 4 is 39.9 Å². The second kappa shape index (κ2) is 6.41. The Morgan fingerprint density at radius 1 is 1.30 bits per heavy atom. The first-order chi connectivity index (χ1) is 9.34. The number of halogens is 1. The fourth-order valence-electron chi connectivity index (χ4n) is 1.69. The standard InChI is InChI=1S/C15H17BrN2S2/c1-15(2,3)12-8-14(19)18-13(17-12)9-20-11-6-4-5-10(16)7-11/h4-8H,9H2,1-3H3,(H,17,18,19). The van der Waals surface area contributed by atoms with Gasteiger partial charge in [-0.25, -0.2) is 4.98 Å². The molecule has 0 radical (unpaired) electrons. The van der Waals surface area contributed by atoms with Gasteiger partial charge < -0.3 is 4.98 Å². The molecular formula is C15H17BrN2S2. The molecule has 0 aliphatic carbocycles. The average molecular weight is 369 g/mol. The molecule has 5 heteroatoms. The first-order valence-electron chi connectivity index (χ1n) is 6.34. The third-order valence-electron chi connectivity index (χ3n) is 2.77. The lowest BCUT2D eigenvalue weighted by molar-refractivity contribution is 0.563. The summed E-state index contributed by atoms with van der Waals surface area (Å²) in [5.74, 6) is 1.71. The lowest BCUT2D eigenvalue weighted by atomic mass is 9.92. The Balaban J connectivity index is 2.18. The predicted octanol–water partition coefficient (Wildman–Crippen LogP) is 5.49. The number of aromatic nitrogens is 2. The van der Waals surface area contributed by atoms with Crippen LogP contribution in [0.3, 0.4) is 0 Å². The number of aromatic amines is 1. The van der Waals surface area contributed by atoms with Gasteiger partial charge in [-0.2, -0.15) is 0 Å². The van der Waals surface area contributed by atoms with E-state index in [4.69, 9.17) is 12.2 Å². The van der Waals surface area contributed by atoms with Crippen LogP contribution in [0.25, 0.3) is 0 Å². The molecule has 0 atom stereocenters. The van der Waals surface area contributed by atoms with Gasteiger partial charge in [0.25, 0.3) is 0 Å². The van der Waals surface area contributed by atoms with Gasteiger partial charge >= 0.3 is 0 Å². The van der Waals surface area contributed by atoms with Gasteiger partial charge in [-0.15, -0.1) is 11.8 Å². The summed E-state index contributed by atoms with van der Waals surface area (Å²) in [5.41, 5.74) is 1.17. The van der Waals surface area contributed by atoms with Crippen LogP contribution in [-0.4, -0.2) is 9.97 Å². The van der Waals surface area contributed by atoms with Crippen molar-refractivity contribution in [1.29, 1.82) is 0 Å². The SMILES string of the molecule is CC(C)(C)c1cc(=S)nc(CSc2cccc(Br)c2)[nH]1. The summed E-state index contributed by atoms with van der Waals surface area (Å²) >= 11 is 10.5. The van der Waals surface area contributed by atoms with Crippen molar-refractivity contribution in [3.05, 3.63) is 51.0 Å². The number of hydrogen-bond acceptors (Lipinski definition) is 3. The van der Waals surface area contributed by atoms with Gasteiger partial charge in [0.2, 0.25) is 0 Å². The van der Waals surface area contributed by atoms with Crippen molar-refractivity contribution in [2.45, 2.75) is 36.8 Å². The van der Waals surface area contributed by atoms with Crippen LogP contribution >= 0.6 is 39.9 Å². The van der Waals surface area contributed by atoms with Gasteiger partial charge in [0.1, 0.15) is 10.5 Å². The minimum absolute atomic E-state index is 0.0473. The van der Waals surface area contributed by atoms with E-state index >= 15 is 0 Å². The largest absolute Gasteiger partial charge is 0.346 e. The zero-order chi connectivity index (χ0) is 14.8. The summed E-state index contributed by atoms with van der Waals surface area (Å²) in [6.45, 7) is 6.50. The van der Waals surface area contributed by atoms with E-state index in [-0.39, 0.29) is 5.41 Å². The molecule has 0 fully saturated rings. The molecule has 2 aromatic rings. The summed E-state index contributed by atoms with van der Waals surface area (Å²) in [4.78, 5) is 9.02. The monoisotopic (exact) mass is 368 g/mol. The van der Waals surface area contributed by atoms with E-state index in [9.17, 15) is 0 Å². The number of rotatable bonds is 3. The molecule has 0 saturated heterocycles. The van der Waals surface area contributed by atoms with Crippen molar-refractivity contribution in [2.75, 3.05) is 0 Å². The Morgan fingerprint density at radius 2 is 2.05 bits per heavy atom. The Kier molecular flexibility index (Phi) is 5.04. The molecule has 0 unspecified atom stereocenters. The van der Waals surface area contributed by atoms with Gasteiger partial charge in [0.05, 0.1) is 5.75 Å². The number of thioether (sulfide) groups is 1. The van der Waals surface area contributed by atoms with Crippen LogP contribution in [0, 0.1) is 4.64 Å². The quantitative estimate of drug-likeness (QED) is 0.573. The molecule has 0 aliphatic heterocycles. The predicted molar refractivity (Wildman–Crippen MR) is 91.8 cm³/mol. The molecule has 0 saturated carbocycles. The van der Waals surface area contributed by atoms with Crippen LogP contribution in [0.15, 0.2) is 39.7 Å². The second-order valence-corrected chi connectivity index (χ2v) is 7.96. The second-order valence-electron chi connectivity index (χ2n) is 5.58. The summed E-state index contributed by atoms with van der Waals surface area (Å²) in [7, 11) is 0. The smallest absolute Gasteiger partial charge is 0.130 e. The fourth-order valence-corrected chi connectivity index (χ4v) is 3.29. The van der Waals surface area contributed by atoms with E-state index in [1.807, 2.05) is 18.2 Å².